The lowest BCUT2D eigenvalue weighted by atomic mass is 10.1. The molecular weight excluding hydrogens is 294 g/mol. The highest BCUT2D eigenvalue weighted by Crippen LogP contribution is 2.35. The van der Waals surface area contributed by atoms with Gasteiger partial charge in [-0.25, -0.2) is 0 Å². The molecule has 0 unspecified atom stereocenters. The SMILES string of the molecule is COc1cc(SC)ccc1C(=O)N1c2ccccc2C[C@@H]1C. The van der Waals surface area contributed by atoms with Crippen LogP contribution >= 0.6 is 11.8 Å². The van der Waals surface area contributed by atoms with Gasteiger partial charge in [0, 0.05) is 16.6 Å². The number of anilines is 1. The molecule has 1 atom stereocenters. The topological polar surface area (TPSA) is 29.5 Å². The average Bonchev–Trinajstić information content (AvgIpc) is 2.89. The number of benzene rings is 2. The number of hydrogen-bond acceptors (Lipinski definition) is 3. The third-order valence-corrected chi connectivity index (χ3v) is 4.79. The fourth-order valence-corrected chi connectivity index (χ4v) is 3.41. The number of amides is 1. The highest BCUT2D eigenvalue weighted by Gasteiger charge is 2.32. The van der Waals surface area contributed by atoms with Crippen LogP contribution in [0.5, 0.6) is 5.75 Å². The molecule has 0 aromatic heterocycles. The molecule has 0 spiro atoms. The largest absolute Gasteiger partial charge is 0.496 e. The predicted molar refractivity (Wildman–Crippen MR) is 91.2 cm³/mol. The summed E-state index contributed by atoms with van der Waals surface area (Å²) in [6, 6.07) is 14.0. The van der Waals surface area contributed by atoms with E-state index < -0.39 is 0 Å². The molecule has 0 bridgehead atoms. The van der Waals surface area contributed by atoms with Crippen molar-refractivity contribution in [2.75, 3.05) is 18.3 Å². The number of para-hydroxylation sites is 1. The van der Waals surface area contributed by atoms with Crippen molar-refractivity contribution in [1.29, 1.82) is 0 Å². The van der Waals surface area contributed by atoms with Crippen LogP contribution in [0.2, 0.25) is 0 Å². The number of carbonyl (C=O) groups excluding carboxylic acids is 1. The van der Waals surface area contributed by atoms with Gasteiger partial charge in [0.15, 0.2) is 0 Å². The van der Waals surface area contributed by atoms with Gasteiger partial charge in [-0.3, -0.25) is 4.79 Å². The zero-order chi connectivity index (χ0) is 15.7. The zero-order valence-corrected chi connectivity index (χ0v) is 13.8. The minimum atomic E-state index is 0.00181. The molecule has 0 radical (unpaired) electrons. The second-order valence-corrected chi connectivity index (χ2v) is 6.30. The Morgan fingerprint density at radius 1 is 1.27 bits per heavy atom. The third-order valence-electron chi connectivity index (χ3n) is 4.07. The first-order valence-corrected chi connectivity index (χ1v) is 8.51. The summed E-state index contributed by atoms with van der Waals surface area (Å²) in [5, 5.41) is 0. The van der Waals surface area contributed by atoms with Gasteiger partial charge in [0.05, 0.1) is 12.7 Å². The van der Waals surface area contributed by atoms with Crippen LogP contribution < -0.4 is 9.64 Å². The van der Waals surface area contributed by atoms with Gasteiger partial charge >= 0.3 is 0 Å². The number of thioether (sulfide) groups is 1. The van der Waals surface area contributed by atoms with Gasteiger partial charge < -0.3 is 9.64 Å². The quantitative estimate of drug-likeness (QED) is 0.802. The van der Waals surface area contributed by atoms with Gasteiger partial charge in [-0.1, -0.05) is 18.2 Å². The summed E-state index contributed by atoms with van der Waals surface area (Å²) >= 11 is 1.64. The molecule has 114 valence electrons. The Morgan fingerprint density at radius 2 is 2.05 bits per heavy atom. The Hall–Kier alpha value is -1.94. The Balaban J connectivity index is 2.01. The van der Waals surface area contributed by atoms with Crippen molar-refractivity contribution in [3.63, 3.8) is 0 Å². The summed E-state index contributed by atoms with van der Waals surface area (Å²) in [5.74, 6) is 0.635. The molecular formula is C18H19NO2S. The van der Waals surface area contributed by atoms with Crippen LogP contribution in [0.25, 0.3) is 0 Å². The second kappa shape index (κ2) is 6.05. The number of methoxy groups -OCH3 is 1. The highest BCUT2D eigenvalue weighted by atomic mass is 32.2. The maximum atomic E-state index is 13.0. The van der Waals surface area contributed by atoms with E-state index >= 15 is 0 Å². The van der Waals surface area contributed by atoms with Crippen LogP contribution in [-0.2, 0) is 6.42 Å². The average molecular weight is 313 g/mol. The number of hydrogen-bond donors (Lipinski definition) is 0. The summed E-state index contributed by atoms with van der Waals surface area (Å²) in [5.41, 5.74) is 2.85. The van der Waals surface area contributed by atoms with E-state index in [0.717, 1.165) is 17.0 Å². The van der Waals surface area contributed by atoms with E-state index in [1.165, 1.54) is 5.56 Å². The Kier molecular flexibility index (Phi) is 4.12. The molecule has 0 fully saturated rings. The molecule has 0 aliphatic carbocycles. The van der Waals surface area contributed by atoms with E-state index in [4.69, 9.17) is 4.74 Å². The normalized spacial score (nSPS) is 16.5. The van der Waals surface area contributed by atoms with Crippen molar-refractivity contribution in [3.05, 3.63) is 53.6 Å². The van der Waals surface area contributed by atoms with Crippen LogP contribution in [-0.4, -0.2) is 25.3 Å². The van der Waals surface area contributed by atoms with Gasteiger partial charge in [0.2, 0.25) is 0 Å². The first kappa shape index (κ1) is 15.0. The molecule has 0 saturated carbocycles. The first-order valence-electron chi connectivity index (χ1n) is 7.29. The smallest absolute Gasteiger partial charge is 0.262 e. The fraction of sp³-hybridized carbons (Fsp3) is 0.278. The summed E-state index contributed by atoms with van der Waals surface area (Å²) < 4.78 is 5.43. The molecule has 2 aromatic rings. The number of ether oxygens (including phenoxy) is 1. The van der Waals surface area contributed by atoms with E-state index in [2.05, 4.69) is 13.0 Å². The fourth-order valence-electron chi connectivity index (χ4n) is 2.98. The van der Waals surface area contributed by atoms with Crippen LogP contribution in [0, 0.1) is 0 Å². The summed E-state index contributed by atoms with van der Waals surface area (Å²) in [6.07, 6.45) is 2.90. The van der Waals surface area contributed by atoms with Crippen molar-refractivity contribution in [1.82, 2.24) is 0 Å². The lowest BCUT2D eigenvalue weighted by Crippen LogP contribution is -2.35. The molecule has 1 aliphatic heterocycles. The van der Waals surface area contributed by atoms with Crippen LogP contribution in [0.4, 0.5) is 5.69 Å². The lowest BCUT2D eigenvalue weighted by Gasteiger charge is -2.23. The maximum Gasteiger partial charge on any atom is 0.262 e. The van der Waals surface area contributed by atoms with E-state index in [1.807, 2.05) is 47.6 Å². The molecule has 1 amide bonds. The van der Waals surface area contributed by atoms with Gasteiger partial charge in [0.1, 0.15) is 5.75 Å². The van der Waals surface area contributed by atoms with Crippen molar-refractivity contribution >= 4 is 23.4 Å². The molecule has 22 heavy (non-hydrogen) atoms. The minimum absolute atomic E-state index is 0.00181. The number of carbonyl (C=O) groups is 1. The molecule has 4 heteroatoms. The molecule has 1 heterocycles. The van der Waals surface area contributed by atoms with Gasteiger partial charge in [-0.15, -0.1) is 11.8 Å². The van der Waals surface area contributed by atoms with Crippen LogP contribution in [0.3, 0.4) is 0 Å². The summed E-state index contributed by atoms with van der Waals surface area (Å²) in [4.78, 5) is 16.0. The van der Waals surface area contributed by atoms with Crippen LogP contribution in [0.1, 0.15) is 22.8 Å². The minimum Gasteiger partial charge on any atom is -0.496 e. The van der Waals surface area contributed by atoms with E-state index in [-0.39, 0.29) is 11.9 Å². The Bertz CT molecular complexity index is 714. The maximum absolute atomic E-state index is 13.0. The number of rotatable bonds is 3. The van der Waals surface area contributed by atoms with E-state index in [1.54, 1.807) is 18.9 Å². The third kappa shape index (κ3) is 2.48. The van der Waals surface area contributed by atoms with Crippen molar-refractivity contribution in [3.8, 4) is 5.75 Å². The monoisotopic (exact) mass is 313 g/mol. The van der Waals surface area contributed by atoms with E-state index in [9.17, 15) is 4.79 Å². The predicted octanol–water partition coefficient (Wildman–Crippen LogP) is 4.01. The molecule has 3 nitrogen and oxygen atoms in total. The summed E-state index contributed by atoms with van der Waals surface area (Å²) in [7, 11) is 1.61. The second-order valence-electron chi connectivity index (χ2n) is 5.42. The van der Waals surface area contributed by atoms with Crippen LogP contribution in [0.15, 0.2) is 47.4 Å². The van der Waals surface area contributed by atoms with E-state index in [0.29, 0.717) is 11.3 Å². The first-order chi connectivity index (χ1) is 10.7. The van der Waals surface area contributed by atoms with Gasteiger partial charge in [-0.05, 0) is 49.4 Å². The standard InChI is InChI=1S/C18H19NO2S/c1-12-10-13-6-4-5-7-16(13)19(12)18(20)15-9-8-14(22-3)11-17(15)21-2/h4-9,11-12H,10H2,1-3H3/t12-/m0/s1. The molecule has 3 rings (SSSR count). The van der Waals surface area contributed by atoms with Crippen molar-refractivity contribution in [2.45, 2.75) is 24.3 Å². The Labute approximate surface area is 135 Å². The zero-order valence-electron chi connectivity index (χ0n) is 13.0. The van der Waals surface area contributed by atoms with Crippen molar-refractivity contribution < 1.29 is 9.53 Å². The molecule has 2 aromatic carbocycles. The number of fused-ring (bicyclic) bond motifs is 1. The Morgan fingerprint density at radius 3 is 2.77 bits per heavy atom. The lowest BCUT2D eigenvalue weighted by molar-refractivity contribution is 0.0978. The molecule has 1 aliphatic rings. The summed E-state index contributed by atoms with van der Waals surface area (Å²) in [6.45, 7) is 2.08. The molecule has 0 N–H and O–H groups in total. The number of nitrogens with zero attached hydrogens (tertiary/aromatic N) is 1. The molecule has 0 saturated heterocycles. The van der Waals surface area contributed by atoms with Crippen molar-refractivity contribution in [2.24, 2.45) is 0 Å². The van der Waals surface area contributed by atoms with Gasteiger partial charge in [-0.2, -0.15) is 0 Å². The highest BCUT2D eigenvalue weighted by molar-refractivity contribution is 7.98. The van der Waals surface area contributed by atoms with Gasteiger partial charge in [0.25, 0.3) is 5.91 Å².